The summed E-state index contributed by atoms with van der Waals surface area (Å²) in [5.74, 6) is -0.603. The summed E-state index contributed by atoms with van der Waals surface area (Å²) in [6.07, 6.45) is 9.22. The number of carboxylic acid groups (broad SMARTS) is 1. The van der Waals surface area contributed by atoms with Crippen LogP contribution in [-0.4, -0.2) is 64.7 Å². The lowest BCUT2D eigenvalue weighted by atomic mass is 10.0. The van der Waals surface area contributed by atoms with Crippen LogP contribution in [0.4, 0.5) is 4.79 Å². The Morgan fingerprint density at radius 1 is 1.10 bits per heavy atom. The normalized spacial score (nSPS) is 22.2. The molecule has 1 aliphatic carbocycles. The number of nitrogens with one attached hydrogen (secondary N) is 2. The van der Waals surface area contributed by atoms with E-state index in [4.69, 9.17) is 11.2 Å². The van der Waals surface area contributed by atoms with Crippen LogP contribution in [-0.2, 0) is 19.1 Å². The molecule has 1 heterocycles. The van der Waals surface area contributed by atoms with Gasteiger partial charge in [-0.15, -0.1) is 12.3 Å². The van der Waals surface area contributed by atoms with E-state index in [1.807, 2.05) is 0 Å². The highest BCUT2D eigenvalue weighted by Crippen LogP contribution is 2.22. The molecule has 9 nitrogen and oxygen atoms in total. The lowest BCUT2D eigenvalue weighted by Gasteiger charge is -2.28. The third-order valence-electron chi connectivity index (χ3n) is 5.45. The van der Waals surface area contributed by atoms with Crippen molar-refractivity contribution >= 4 is 23.9 Å². The van der Waals surface area contributed by atoms with Gasteiger partial charge < -0.3 is 25.4 Å². The summed E-state index contributed by atoms with van der Waals surface area (Å²) in [6, 6.07) is -2.90. The molecule has 4 atom stereocenters. The minimum absolute atomic E-state index is 0.117. The van der Waals surface area contributed by atoms with Gasteiger partial charge in [0.05, 0.1) is 0 Å². The maximum absolute atomic E-state index is 12.8. The number of nitrogens with zero attached hydrogens (tertiary/aromatic N) is 1. The summed E-state index contributed by atoms with van der Waals surface area (Å²) in [5, 5.41) is 14.3. The summed E-state index contributed by atoms with van der Waals surface area (Å²) in [4.78, 5) is 50.2. The number of amides is 3. The zero-order chi connectivity index (χ0) is 21.6. The summed E-state index contributed by atoms with van der Waals surface area (Å²) in [5.41, 5.74) is 0. The van der Waals surface area contributed by atoms with Gasteiger partial charge in [-0.05, 0) is 52.4 Å². The van der Waals surface area contributed by atoms with Crippen molar-refractivity contribution in [2.24, 2.45) is 5.92 Å². The minimum atomic E-state index is -1.23. The molecule has 2 rings (SSSR count). The monoisotopic (exact) mass is 407 g/mol. The van der Waals surface area contributed by atoms with Crippen LogP contribution < -0.4 is 10.6 Å². The van der Waals surface area contributed by atoms with E-state index in [1.54, 1.807) is 0 Å². The Hall–Kier alpha value is -2.76. The van der Waals surface area contributed by atoms with Crippen LogP contribution in [0.1, 0.15) is 52.4 Å². The maximum Gasteiger partial charge on any atom is 0.408 e. The van der Waals surface area contributed by atoms with Gasteiger partial charge in [0.2, 0.25) is 11.8 Å². The largest absolute Gasteiger partial charge is 0.480 e. The van der Waals surface area contributed by atoms with Crippen molar-refractivity contribution < 1.29 is 29.0 Å². The summed E-state index contributed by atoms with van der Waals surface area (Å²) in [6.45, 7) is 3.41. The van der Waals surface area contributed by atoms with E-state index in [0.29, 0.717) is 19.4 Å². The van der Waals surface area contributed by atoms with Gasteiger partial charge >= 0.3 is 12.1 Å². The van der Waals surface area contributed by atoms with E-state index in [2.05, 4.69) is 16.6 Å². The smallest absolute Gasteiger partial charge is 0.408 e. The van der Waals surface area contributed by atoms with Gasteiger partial charge in [-0.2, -0.15) is 0 Å². The Morgan fingerprint density at radius 2 is 1.76 bits per heavy atom. The Labute approximate surface area is 170 Å². The molecule has 0 spiro atoms. The van der Waals surface area contributed by atoms with E-state index in [0.717, 1.165) is 25.7 Å². The summed E-state index contributed by atoms with van der Waals surface area (Å²) < 4.78 is 5.30. The van der Waals surface area contributed by atoms with Crippen molar-refractivity contribution in [1.29, 1.82) is 0 Å². The third-order valence-corrected chi connectivity index (χ3v) is 5.45. The Bertz CT molecular complexity index is 682. The highest BCUT2D eigenvalue weighted by molar-refractivity contribution is 5.93. The molecule has 160 valence electrons. The standard InChI is InChI=1S/C20H29N3O6/c1-4-12(2)16(19(26)27)22-17(24)15-10-7-11-23(15)18(25)13(3)21-20(28)29-14-8-5-6-9-14/h1,12-16H,5-11H2,2-3H3,(H,21,28)(H,22,24)(H,26,27)/t12?,13-,15?,16?/m0/s1. The van der Waals surface area contributed by atoms with Crippen LogP contribution in [0.15, 0.2) is 0 Å². The molecule has 2 fully saturated rings. The van der Waals surface area contributed by atoms with Gasteiger partial charge in [-0.25, -0.2) is 9.59 Å². The first kappa shape index (κ1) is 22.5. The quantitative estimate of drug-likeness (QED) is 0.538. The van der Waals surface area contributed by atoms with Gasteiger partial charge in [0.1, 0.15) is 24.2 Å². The predicted molar refractivity (Wildman–Crippen MR) is 104 cm³/mol. The first-order valence-corrected chi connectivity index (χ1v) is 10.0. The first-order chi connectivity index (χ1) is 13.7. The number of likely N-dealkylation sites (tertiary alicyclic amines) is 1. The fraction of sp³-hybridized carbons (Fsp3) is 0.700. The van der Waals surface area contributed by atoms with E-state index in [-0.39, 0.29) is 6.10 Å². The van der Waals surface area contributed by atoms with Crippen LogP contribution in [0, 0.1) is 18.3 Å². The number of terminal acetylenes is 1. The average molecular weight is 407 g/mol. The second-order valence-electron chi connectivity index (χ2n) is 7.65. The van der Waals surface area contributed by atoms with E-state index >= 15 is 0 Å². The van der Waals surface area contributed by atoms with Gasteiger partial charge in [-0.1, -0.05) is 0 Å². The van der Waals surface area contributed by atoms with Crippen LogP contribution in [0.25, 0.3) is 0 Å². The molecule has 2 aliphatic rings. The molecule has 3 N–H and O–H groups in total. The molecule has 1 saturated heterocycles. The van der Waals surface area contributed by atoms with Gasteiger partial charge in [0, 0.05) is 12.5 Å². The molecule has 1 aliphatic heterocycles. The molecule has 1 saturated carbocycles. The van der Waals surface area contributed by atoms with Gasteiger partial charge in [0.25, 0.3) is 0 Å². The molecule has 3 amide bonds. The van der Waals surface area contributed by atoms with Crippen molar-refractivity contribution in [3.63, 3.8) is 0 Å². The van der Waals surface area contributed by atoms with Crippen LogP contribution in [0.2, 0.25) is 0 Å². The molecule has 29 heavy (non-hydrogen) atoms. The molecular formula is C20H29N3O6. The van der Waals surface area contributed by atoms with Crippen LogP contribution in [0.5, 0.6) is 0 Å². The molecule has 0 radical (unpaired) electrons. The van der Waals surface area contributed by atoms with Gasteiger partial charge in [0.15, 0.2) is 0 Å². The number of carboxylic acids is 1. The Morgan fingerprint density at radius 3 is 2.34 bits per heavy atom. The average Bonchev–Trinajstić information content (AvgIpc) is 3.36. The Kier molecular flexibility index (Phi) is 7.88. The van der Waals surface area contributed by atoms with Crippen molar-refractivity contribution in [2.45, 2.75) is 76.6 Å². The van der Waals surface area contributed by atoms with E-state index in [1.165, 1.54) is 18.7 Å². The fourth-order valence-corrected chi connectivity index (χ4v) is 3.73. The topological polar surface area (TPSA) is 125 Å². The maximum atomic E-state index is 12.8. The predicted octanol–water partition coefficient (Wildman–Crippen LogP) is 0.873. The zero-order valence-corrected chi connectivity index (χ0v) is 16.8. The number of rotatable bonds is 7. The number of alkyl carbamates (subject to hydrolysis) is 1. The molecule has 0 aromatic heterocycles. The summed E-state index contributed by atoms with van der Waals surface area (Å²) in [7, 11) is 0. The number of aliphatic carboxylic acids is 1. The lowest BCUT2D eigenvalue weighted by Crippen LogP contribution is -2.55. The minimum Gasteiger partial charge on any atom is -0.480 e. The van der Waals surface area contributed by atoms with E-state index in [9.17, 15) is 24.3 Å². The first-order valence-electron chi connectivity index (χ1n) is 10.0. The SMILES string of the molecule is C#CC(C)C(NC(=O)C1CCCN1C(=O)[C@H](C)NC(=O)OC1CCCC1)C(=O)O. The molecule has 3 unspecified atom stereocenters. The van der Waals surface area contributed by atoms with Gasteiger partial charge in [-0.3, -0.25) is 9.59 Å². The zero-order valence-electron chi connectivity index (χ0n) is 16.8. The highest BCUT2D eigenvalue weighted by Gasteiger charge is 2.38. The van der Waals surface area contributed by atoms with E-state index < -0.39 is 47.9 Å². The third kappa shape index (κ3) is 5.86. The molecule has 0 aromatic carbocycles. The number of carbonyl (C=O) groups is 4. The lowest BCUT2D eigenvalue weighted by molar-refractivity contribution is -0.144. The molecule has 0 aromatic rings. The Balaban J connectivity index is 1.94. The number of hydrogen-bond acceptors (Lipinski definition) is 5. The number of ether oxygens (including phenoxy) is 1. The van der Waals surface area contributed by atoms with Crippen molar-refractivity contribution in [1.82, 2.24) is 15.5 Å². The summed E-state index contributed by atoms with van der Waals surface area (Å²) >= 11 is 0. The van der Waals surface area contributed by atoms with Crippen molar-refractivity contribution in [3.05, 3.63) is 0 Å². The number of carbonyl (C=O) groups excluding carboxylic acids is 3. The molecule has 9 heteroatoms. The van der Waals surface area contributed by atoms with Crippen molar-refractivity contribution in [3.8, 4) is 12.3 Å². The fourth-order valence-electron chi connectivity index (χ4n) is 3.73. The molecule has 0 bridgehead atoms. The number of hydrogen-bond donors (Lipinski definition) is 3. The van der Waals surface area contributed by atoms with Crippen LogP contribution in [0.3, 0.4) is 0 Å². The second-order valence-corrected chi connectivity index (χ2v) is 7.65. The second kappa shape index (κ2) is 10.1. The highest BCUT2D eigenvalue weighted by atomic mass is 16.6. The molecular weight excluding hydrogens is 378 g/mol. The van der Waals surface area contributed by atoms with Crippen molar-refractivity contribution in [2.75, 3.05) is 6.54 Å². The van der Waals surface area contributed by atoms with Crippen LogP contribution >= 0.6 is 0 Å².